The number of hydrogen-bond acceptors (Lipinski definition) is 4. The summed E-state index contributed by atoms with van der Waals surface area (Å²) >= 11 is 0. The molecule has 0 aliphatic carbocycles. The van der Waals surface area contributed by atoms with E-state index in [0.717, 1.165) is 19.6 Å². The molecule has 0 radical (unpaired) electrons. The molecule has 0 N–H and O–H groups in total. The van der Waals surface area contributed by atoms with E-state index in [2.05, 4.69) is 45.8 Å². The zero-order valence-electron chi connectivity index (χ0n) is 17.8. The van der Waals surface area contributed by atoms with Crippen molar-refractivity contribution < 1.29 is 9.16 Å². The summed E-state index contributed by atoms with van der Waals surface area (Å²) in [5.41, 5.74) is 1.90. The van der Waals surface area contributed by atoms with Crippen LogP contribution in [-0.2, 0) is 9.16 Å². The van der Waals surface area contributed by atoms with Crippen LogP contribution in [0.1, 0.15) is 72.6 Å². The Bertz CT molecular complexity index is 399. The number of unbranched alkanes of at least 4 members (excludes halogenated alkanes) is 1. The fourth-order valence-electron chi connectivity index (χ4n) is 4.02. The summed E-state index contributed by atoms with van der Waals surface area (Å²) in [6.45, 7) is 15.5. The van der Waals surface area contributed by atoms with Crippen LogP contribution in [-0.4, -0.2) is 51.4 Å². The second-order valence-corrected chi connectivity index (χ2v) is 12.4. The van der Waals surface area contributed by atoms with Gasteiger partial charge in [0.05, 0.1) is 12.6 Å². The van der Waals surface area contributed by atoms with Crippen LogP contribution in [0.3, 0.4) is 0 Å². The monoisotopic (exact) mass is 370 g/mol. The van der Waals surface area contributed by atoms with Crippen molar-refractivity contribution in [1.29, 1.82) is 0 Å². The lowest BCUT2D eigenvalue weighted by Gasteiger charge is -2.36. The first-order valence-corrected chi connectivity index (χ1v) is 13.3. The molecule has 0 unspecified atom stereocenters. The van der Waals surface area contributed by atoms with Gasteiger partial charge in [-0.1, -0.05) is 26.7 Å². The number of hydrogen-bond donors (Lipinski definition) is 0. The summed E-state index contributed by atoms with van der Waals surface area (Å²) < 4.78 is 11.9. The average Bonchev–Trinajstić information content (AvgIpc) is 2.95. The minimum atomic E-state index is -1.83. The van der Waals surface area contributed by atoms with Gasteiger partial charge in [-0.2, -0.15) is 5.10 Å². The van der Waals surface area contributed by atoms with Crippen molar-refractivity contribution in [1.82, 2.24) is 5.01 Å². The molecule has 0 saturated carbocycles. The van der Waals surface area contributed by atoms with Crippen molar-refractivity contribution in [3.05, 3.63) is 0 Å². The van der Waals surface area contributed by atoms with Crippen LogP contribution in [0.5, 0.6) is 0 Å². The van der Waals surface area contributed by atoms with E-state index in [0.29, 0.717) is 17.7 Å². The Morgan fingerprint density at radius 2 is 1.96 bits per heavy atom. The molecule has 0 bridgehead atoms. The van der Waals surface area contributed by atoms with E-state index in [1.165, 1.54) is 44.2 Å². The number of methoxy groups -OCH3 is 1. The predicted octanol–water partition coefficient (Wildman–Crippen LogP) is 5.44. The molecule has 0 aromatic heterocycles. The fraction of sp³-hybridized carbons (Fsp3) is 0.950. The fourth-order valence-corrected chi connectivity index (χ4v) is 7.39. The summed E-state index contributed by atoms with van der Waals surface area (Å²) in [7, 11) is -0.0348. The summed E-state index contributed by atoms with van der Waals surface area (Å²) in [5.74, 6) is 0. The zero-order chi connectivity index (χ0) is 18.9. The van der Waals surface area contributed by atoms with Gasteiger partial charge in [-0.25, -0.2) is 0 Å². The molecule has 5 heteroatoms. The largest absolute Gasteiger partial charge is 0.414 e. The van der Waals surface area contributed by atoms with Gasteiger partial charge in [-0.05, 0) is 59.0 Å². The standard InChI is InChI=1S/C20H42N2O2Si/c1-8-10-14-19(21-22-15-11-13-18(22)16-23-5)20(12-9-2)25(6,7)24-17(3)4/h17-18,20H,8-16H2,1-7H3/b21-19+/t18-,20+/m0/s1. The lowest BCUT2D eigenvalue weighted by atomic mass is 10.1. The third kappa shape index (κ3) is 7.39. The SMILES string of the molecule is CCCC/C(=N\N1CCC[C@H]1COC)[C@@H](CCC)[Si](C)(C)OC(C)C. The van der Waals surface area contributed by atoms with Crippen LogP contribution in [0.25, 0.3) is 0 Å². The summed E-state index contributed by atoms with van der Waals surface area (Å²) in [6.07, 6.45) is 8.63. The molecule has 148 valence electrons. The zero-order valence-corrected chi connectivity index (χ0v) is 18.8. The van der Waals surface area contributed by atoms with Gasteiger partial charge in [0, 0.05) is 31.0 Å². The molecule has 0 aromatic carbocycles. The van der Waals surface area contributed by atoms with Gasteiger partial charge in [0.1, 0.15) is 0 Å². The van der Waals surface area contributed by atoms with Crippen molar-refractivity contribution in [3.63, 3.8) is 0 Å². The Kier molecular flexibility index (Phi) is 10.3. The predicted molar refractivity (Wildman–Crippen MR) is 111 cm³/mol. The molecule has 1 aliphatic rings. The highest BCUT2D eigenvalue weighted by Gasteiger charge is 2.38. The van der Waals surface area contributed by atoms with Gasteiger partial charge in [-0.15, -0.1) is 0 Å². The van der Waals surface area contributed by atoms with Gasteiger partial charge < -0.3 is 9.16 Å². The van der Waals surface area contributed by atoms with Crippen LogP contribution >= 0.6 is 0 Å². The maximum absolute atomic E-state index is 6.47. The van der Waals surface area contributed by atoms with Crippen LogP contribution in [0.15, 0.2) is 5.10 Å². The topological polar surface area (TPSA) is 34.1 Å². The van der Waals surface area contributed by atoms with E-state index in [9.17, 15) is 0 Å². The normalized spacial score (nSPS) is 20.6. The quantitative estimate of drug-likeness (QED) is 0.339. The molecule has 1 rings (SSSR count). The number of hydrazone groups is 1. The van der Waals surface area contributed by atoms with Gasteiger partial charge in [-0.3, -0.25) is 5.01 Å². The minimum Gasteiger partial charge on any atom is -0.414 e. The van der Waals surface area contributed by atoms with Gasteiger partial charge in [0.15, 0.2) is 8.32 Å². The maximum atomic E-state index is 6.47. The van der Waals surface area contributed by atoms with Crippen molar-refractivity contribution in [3.8, 4) is 0 Å². The first-order valence-electron chi connectivity index (χ1n) is 10.4. The number of ether oxygens (including phenoxy) is 1. The van der Waals surface area contributed by atoms with Crippen LogP contribution in [0.2, 0.25) is 18.6 Å². The molecule has 1 aliphatic heterocycles. The third-order valence-electron chi connectivity index (χ3n) is 5.11. The minimum absolute atomic E-state index is 0.293. The van der Waals surface area contributed by atoms with Crippen LogP contribution in [0, 0.1) is 0 Å². The first-order chi connectivity index (χ1) is 11.9. The van der Waals surface area contributed by atoms with Crippen molar-refractivity contribution >= 4 is 14.0 Å². The smallest absolute Gasteiger partial charge is 0.195 e. The van der Waals surface area contributed by atoms with Crippen molar-refractivity contribution in [2.24, 2.45) is 5.10 Å². The highest BCUT2D eigenvalue weighted by Crippen LogP contribution is 2.33. The second-order valence-electron chi connectivity index (χ2n) is 8.22. The average molecular weight is 371 g/mol. The summed E-state index contributed by atoms with van der Waals surface area (Å²) in [6, 6.07) is 0.444. The second kappa shape index (κ2) is 11.3. The highest BCUT2D eigenvalue weighted by atomic mass is 28.4. The number of nitrogens with zero attached hydrogens (tertiary/aromatic N) is 2. The van der Waals surface area contributed by atoms with E-state index in [1.54, 1.807) is 7.11 Å². The molecule has 2 atom stereocenters. The molecular formula is C20H42N2O2Si. The van der Waals surface area contributed by atoms with E-state index >= 15 is 0 Å². The lowest BCUT2D eigenvalue weighted by Crippen LogP contribution is -2.43. The van der Waals surface area contributed by atoms with Crippen LogP contribution < -0.4 is 0 Å². The van der Waals surface area contributed by atoms with E-state index in [4.69, 9.17) is 14.3 Å². The Labute approximate surface area is 157 Å². The summed E-state index contributed by atoms with van der Waals surface area (Å²) in [5, 5.41) is 7.55. The molecule has 1 heterocycles. The first kappa shape index (κ1) is 22.6. The maximum Gasteiger partial charge on any atom is 0.195 e. The number of rotatable bonds is 12. The Morgan fingerprint density at radius 1 is 1.24 bits per heavy atom. The highest BCUT2D eigenvalue weighted by molar-refractivity contribution is 6.76. The third-order valence-corrected chi connectivity index (χ3v) is 8.49. The molecule has 1 saturated heterocycles. The van der Waals surface area contributed by atoms with Gasteiger partial charge >= 0.3 is 0 Å². The molecule has 0 amide bonds. The Balaban J connectivity index is 3.07. The Hall–Kier alpha value is -0.393. The Morgan fingerprint density at radius 3 is 2.52 bits per heavy atom. The molecular weight excluding hydrogens is 328 g/mol. The van der Waals surface area contributed by atoms with E-state index in [1.807, 2.05) is 0 Å². The molecule has 0 aromatic rings. The van der Waals surface area contributed by atoms with Crippen molar-refractivity contribution in [2.75, 3.05) is 20.3 Å². The molecule has 25 heavy (non-hydrogen) atoms. The summed E-state index contributed by atoms with van der Waals surface area (Å²) in [4.78, 5) is 0. The van der Waals surface area contributed by atoms with E-state index in [-0.39, 0.29) is 0 Å². The molecule has 0 spiro atoms. The molecule has 4 nitrogen and oxygen atoms in total. The van der Waals surface area contributed by atoms with Crippen LogP contribution in [0.4, 0.5) is 0 Å². The molecule has 1 fully saturated rings. The lowest BCUT2D eigenvalue weighted by molar-refractivity contribution is 0.117. The van der Waals surface area contributed by atoms with E-state index < -0.39 is 8.32 Å². The van der Waals surface area contributed by atoms with Crippen molar-refractivity contribution in [2.45, 2.75) is 103 Å². The van der Waals surface area contributed by atoms with Gasteiger partial charge in [0.25, 0.3) is 0 Å². The van der Waals surface area contributed by atoms with Gasteiger partial charge in [0.2, 0.25) is 0 Å².